The van der Waals surface area contributed by atoms with E-state index in [9.17, 15) is 14.4 Å². The average Bonchev–Trinajstić information content (AvgIpc) is 3.09. The number of amides is 4. The third kappa shape index (κ3) is 2.88. The van der Waals surface area contributed by atoms with Gasteiger partial charge in [0.05, 0.1) is 0 Å². The fourth-order valence-electron chi connectivity index (χ4n) is 4.39. The number of carbonyl (C=O) groups is 3. The minimum Gasteiger partial charge on any atom is -0.325 e. The van der Waals surface area contributed by atoms with Crippen LogP contribution in [-0.4, -0.2) is 46.3 Å². The van der Waals surface area contributed by atoms with Crippen molar-refractivity contribution in [2.45, 2.75) is 44.2 Å². The third-order valence-electron chi connectivity index (χ3n) is 5.52. The number of anilines is 1. The Hall–Kier alpha value is -2.08. The number of urea groups is 1. The van der Waals surface area contributed by atoms with Crippen LogP contribution in [0.15, 0.2) is 24.3 Å². The number of hydrogen-bond acceptors (Lipinski definition) is 3. The molecule has 4 rings (SSSR count). The molecule has 0 spiro atoms. The number of fused-ring (bicyclic) bond motifs is 3. The van der Waals surface area contributed by atoms with Crippen LogP contribution < -0.4 is 5.32 Å². The van der Waals surface area contributed by atoms with E-state index >= 15 is 0 Å². The molecule has 4 amide bonds. The first-order valence-corrected chi connectivity index (χ1v) is 9.11. The highest BCUT2D eigenvalue weighted by atomic mass is 35.5. The van der Waals surface area contributed by atoms with Gasteiger partial charge < -0.3 is 10.2 Å². The lowest BCUT2D eigenvalue weighted by Gasteiger charge is -2.30. The molecule has 1 saturated carbocycles. The largest absolute Gasteiger partial charge is 0.328 e. The van der Waals surface area contributed by atoms with Crippen molar-refractivity contribution < 1.29 is 14.4 Å². The molecular weight excluding hydrogens is 342 g/mol. The molecule has 3 atom stereocenters. The predicted molar refractivity (Wildman–Crippen MR) is 93.2 cm³/mol. The summed E-state index contributed by atoms with van der Waals surface area (Å²) in [5.41, 5.74) is 0.585. The van der Waals surface area contributed by atoms with Crippen LogP contribution in [0.1, 0.15) is 32.1 Å². The second-order valence-electron chi connectivity index (χ2n) is 7.03. The quantitative estimate of drug-likeness (QED) is 0.841. The standard InChI is InChI=1S/C18H20ClN3O3/c19-12-5-7-13(8-6-12)20-16(23)10-21-17(24)15-9-11-3-1-2-4-14(11)22(15)18(21)25/h5-8,11,14-15H,1-4,9-10H2,(H,20,23). The Bertz CT molecular complexity index is 721. The highest BCUT2D eigenvalue weighted by molar-refractivity contribution is 6.30. The number of rotatable bonds is 3. The molecule has 6 nitrogen and oxygen atoms in total. The summed E-state index contributed by atoms with van der Waals surface area (Å²) in [6.07, 6.45) is 5.07. The van der Waals surface area contributed by atoms with Gasteiger partial charge in [0.2, 0.25) is 5.91 Å². The summed E-state index contributed by atoms with van der Waals surface area (Å²) in [5.74, 6) is -0.173. The highest BCUT2D eigenvalue weighted by Gasteiger charge is 2.55. The molecule has 3 fully saturated rings. The molecule has 1 aromatic rings. The summed E-state index contributed by atoms with van der Waals surface area (Å²) in [6, 6.07) is 6.18. The molecule has 3 unspecified atom stereocenters. The van der Waals surface area contributed by atoms with E-state index < -0.39 is 0 Å². The van der Waals surface area contributed by atoms with Crippen molar-refractivity contribution in [3.8, 4) is 0 Å². The number of carbonyl (C=O) groups excluding carboxylic acids is 3. The van der Waals surface area contributed by atoms with Gasteiger partial charge in [0.25, 0.3) is 5.91 Å². The average molecular weight is 362 g/mol. The predicted octanol–water partition coefficient (Wildman–Crippen LogP) is 2.87. The van der Waals surface area contributed by atoms with E-state index in [0.717, 1.165) is 30.6 Å². The molecule has 0 bridgehead atoms. The van der Waals surface area contributed by atoms with Crippen LogP contribution in [-0.2, 0) is 9.59 Å². The van der Waals surface area contributed by atoms with Gasteiger partial charge in [0, 0.05) is 16.8 Å². The van der Waals surface area contributed by atoms with Gasteiger partial charge in [-0.15, -0.1) is 0 Å². The van der Waals surface area contributed by atoms with Crippen molar-refractivity contribution in [2.24, 2.45) is 5.92 Å². The molecule has 1 N–H and O–H groups in total. The first kappa shape index (κ1) is 16.4. The van der Waals surface area contributed by atoms with Gasteiger partial charge in [-0.1, -0.05) is 24.4 Å². The van der Waals surface area contributed by atoms with Crippen LogP contribution in [0.3, 0.4) is 0 Å². The molecule has 2 aliphatic heterocycles. The van der Waals surface area contributed by atoms with Crippen LogP contribution in [0.4, 0.5) is 10.5 Å². The molecule has 2 heterocycles. The number of halogens is 1. The van der Waals surface area contributed by atoms with E-state index in [2.05, 4.69) is 5.32 Å². The fraction of sp³-hybridized carbons (Fsp3) is 0.500. The van der Waals surface area contributed by atoms with Crippen molar-refractivity contribution in [1.29, 1.82) is 0 Å². The number of imide groups is 1. The molecular formula is C18H20ClN3O3. The van der Waals surface area contributed by atoms with Gasteiger partial charge in [-0.25, -0.2) is 4.79 Å². The smallest absolute Gasteiger partial charge is 0.325 e. The van der Waals surface area contributed by atoms with Crippen LogP contribution in [0.25, 0.3) is 0 Å². The Morgan fingerprint density at radius 3 is 2.64 bits per heavy atom. The molecule has 25 heavy (non-hydrogen) atoms. The molecule has 132 valence electrons. The maximum atomic E-state index is 12.7. The van der Waals surface area contributed by atoms with Gasteiger partial charge in [0.15, 0.2) is 0 Å². The van der Waals surface area contributed by atoms with Crippen molar-refractivity contribution in [3.63, 3.8) is 0 Å². The number of nitrogens with one attached hydrogen (secondary N) is 1. The minimum absolute atomic E-state index is 0.166. The molecule has 2 saturated heterocycles. The summed E-state index contributed by atoms with van der Waals surface area (Å²) >= 11 is 5.82. The fourth-order valence-corrected chi connectivity index (χ4v) is 4.52. The van der Waals surface area contributed by atoms with Crippen LogP contribution in [0.5, 0.6) is 0 Å². The Morgan fingerprint density at radius 1 is 1.16 bits per heavy atom. The first-order chi connectivity index (χ1) is 12.0. The van der Waals surface area contributed by atoms with E-state index in [-0.39, 0.29) is 36.5 Å². The number of hydrogen-bond donors (Lipinski definition) is 1. The van der Waals surface area contributed by atoms with Crippen molar-refractivity contribution in [3.05, 3.63) is 29.3 Å². The second-order valence-corrected chi connectivity index (χ2v) is 7.47. The highest BCUT2D eigenvalue weighted by Crippen LogP contribution is 2.43. The lowest BCUT2D eigenvalue weighted by molar-refractivity contribution is -0.131. The van der Waals surface area contributed by atoms with E-state index in [0.29, 0.717) is 16.6 Å². The number of nitrogens with zero attached hydrogens (tertiary/aromatic N) is 2. The second kappa shape index (κ2) is 6.33. The van der Waals surface area contributed by atoms with Gasteiger partial charge in [0.1, 0.15) is 12.6 Å². The zero-order valence-corrected chi connectivity index (χ0v) is 14.5. The topological polar surface area (TPSA) is 69.7 Å². The minimum atomic E-state index is -0.384. The molecule has 0 radical (unpaired) electrons. The van der Waals surface area contributed by atoms with Crippen molar-refractivity contribution >= 4 is 35.1 Å². The van der Waals surface area contributed by atoms with Crippen LogP contribution >= 0.6 is 11.6 Å². The molecule has 1 aliphatic carbocycles. The Morgan fingerprint density at radius 2 is 1.88 bits per heavy atom. The van der Waals surface area contributed by atoms with E-state index in [4.69, 9.17) is 11.6 Å². The summed E-state index contributed by atoms with van der Waals surface area (Å²) in [6.45, 7) is -0.245. The Labute approximate surface area is 151 Å². The van der Waals surface area contributed by atoms with E-state index in [1.807, 2.05) is 0 Å². The van der Waals surface area contributed by atoms with Gasteiger partial charge in [-0.05, 0) is 49.4 Å². The molecule has 1 aromatic carbocycles. The summed E-state index contributed by atoms with van der Waals surface area (Å²) in [7, 11) is 0. The van der Waals surface area contributed by atoms with Gasteiger partial charge in [-0.2, -0.15) is 0 Å². The lowest BCUT2D eigenvalue weighted by atomic mass is 9.84. The summed E-state index contributed by atoms with van der Waals surface area (Å²) in [4.78, 5) is 40.4. The van der Waals surface area contributed by atoms with Crippen molar-refractivity contribution in [2.75, 3.05) is 11.9 Å². The molecule has 0 aromatic heterocycles. The van der Waals surface area contributed by atoms with Crippen molar-refractivity contribution in [1.82, 2.24) is 9.80 Å². The SMILES string of the molecule is O=C(CN1C(=O)C2CC3CCCCC3N2C1=O)Nc1ccc(Cl)cc1. The first-order valence-electron chi connectivity index (χ1n) is 8.73. The monoisotopic (exact) mass is 361 g/mol. The zero-order valence-electron chi connectivity index (χ0n) is 13.8. The van der Waals surface area contributed by atoms with Crippen LogP contribution in [0.2, 0.25) is 5.02 Å². The molecule has 7 heteroatoms. The van der Waals surface area contributed by atoms with Gasteiger partial charge >= 0.3 is 6.03 Å². The maximum Gasteiger partial charge on any atom is 0.328 e. The third-order valence-corrected chi connectivity index (χ3v) is 5.77. The Kier molecular flexibility index (Phi) is 4.15. The van der Waals surface area contributed by atoms with E-state index in [1.165, 1.54) is 6.42 Å². The van der Waals surface area contributed by atoms with Gasteiger partial charge in [-0.3, -0.25) is 14.5 Å². The maximum absolute atomic E-state index is 12.7. The Balaban J connectivity index is 1.43. The summed E-state index contributed by atoms with van der Waals surface area (Å²) < 4.78 is 0. The van der Waals surface area contributed by atoms with Crippen LogP contribution in [0, 0.1) is 5.92 Å². The lowest BCUT2D eigenvalue weighted by Crippen LogP contribution is -2.43. The summed E-state index contributed by atoms with van der Waals surface area (Å²) in [5, 5.41) is 3.27. The number of benzene rings is 1. The normalized spacial score (nSPS) is 28.1. The molecule has 3 aliphatic rings. The van der Waals surface area contributed by atoms with E-state index in [1.54, 1.807) is 29.2 Å². The zero-order chi connectivity index (χ0) is 17.6.